The smallest absolute Gasteiger partial charge is 0.258 e. The zero-order valence-electron chi connectivity index (χ0n) is 14.6. The van der Waals surface area contributed by atoms with Crippen molar-refractivity contribution in [1.82, 2.24) is 5.32 Å². The van der Waals surface area contributed by atoms with Crippen LogP contribution < -0.4 is 20.1 Å². The van der Waals surface area contributed by atoms with E-state index in [9.17, 15) is 9.59 Å². The Kier molecular flexibility index (Phi) is 6.39. The first-order valence-corrected chi connectivity index (χ1v) is 7.88. The molecule has 2 aromatic carbocycles. The molecule has 0 bridgehead atoms. The van der Waals surface area contributed by atoms with Gasteiger partial charge in [-0.25, -0.2) is 0 Å². The highest BCUT2D eigenvalue weighted by Gasteiger charge is 2.07. The lowest BCUT2D eigenvalue weighted by molar-refractivity contribution is -0.125. The summed E-state index contributed by atoms with van der Waals surface area (Å²) in [6.07, 6.45) is 0. The van der Waals surface area contributed by atoms with Gasteiger partial charge in [-0.1, -0.05) is 6.07 Å². The topological polar surface area (TPSA) is 76.7 Å². The van der Waals surface area contributed by atoms with Gasteiger partial charge in [0.05, 0.1) is 13.7 Å². The summed E-state index contributed by atoms with van der Waals surface area (Å²) < 4.78 is 10.4. The molecule has 0 fully saturated rings. The molecule has 2 amide bonds. The third-order valence-electron chi connectivity index (χ3n) is 3.67. The molecule has 0 saturated carbocycles. The van der Waals surface area contributed by atoms with Crippen molar-refractivity contribution in [3.63, 3.8) is 0 Å². The number of hydrogen-bond donors (Lipinski definition) is 2. The fourth-order valence-corrected chi connectivity index (χ4v) is 2.08. The van der Waals surface area contributed by atoms with Gasteiger partial charge < -0.3 is 20.1 Å². The van der Waals surface area contributed by atoms with Crippen LogP contribution in [0, 0.1) is 13.8 Å². The number of anilines is 1. The lowest BCUT2D eigenvalue weighted by Gasteiger charge is -2.09. The minimum Gasteiger partial charge on any atom is -0.497 e. The van der Waals surface area contributed by atoms with Crippen LogP contribution in [-0.2, 0) is 9.59 Å². The molecule has 6 heteroatoms. The van der Waals surface area contributed by atoms with E-state index in [1.54, 1.807) is 31.4 Å². The second-order valence-electron chi connectivity index (χ2n) is 5.59. The van der Waals surface area contributed by atoms with Gasteiger partial charge in [-0.15, -0.1) is 0 Å². The number of nitrogens with one attached hydrogen (secondary N) is 2. The van der Waals surface area contributed by atoms with Crippen molar-refractivity contribution in [2.75, 3.05) is 25.6 Å². The molecule has 0 saturated heterocycles. The minimum atomic E-state index is -0.369. The Morgan fingerprint density at radius 2 is 1.60 bits per heavy atom. The van der Waals surface area contributed by atoms with Crippen LogP contribution in [0.15, 0.2) is 42.5 Å². The summed E-state index contributed by atoms with van der Waals surface area (Å²) >= 11 is 0. The first kappa shape index (κ1) is 18.3. The van der Waals surface area contributed by atoms with E-state index in [-0.39, 0.29) is 25.0 Å². The van der Waals surface area contributed by atoms with Gasteiger partial charge in [0, 0.05) is 5.69 Å². The Morgan fingerprint density at radius 3 is 2.24 bits per heavy atom. The van der Waals surface area contributed by atoms with Crippen molar-refractivity contribution in [3.05, 3.63) is 53.6 Å². The van der Waals surface area contributed by atoms with E-state index in [1.165, 1.54) is 0 Å². The SMILES string of the molecule is COc1ccc(OCC(=O)NCC(=O)Nc2ccc(C)c(C)c2)cc1. The number of hydrogen-bond acceptors (Lipinski definition) is 4. The van der Waals surface area contributed by atoms with Gasteiger partial charge in [0.15, 0.2) is 6.61 Å². The summed E-state index contributed by atoms with van der Waals surface area (Å²) in [7, 11) is 1.58. The number of rotatable bonds is 7. The van der Waals surface area contributed by atoms with Gasteiger partial charge in [0.2, 0.25) is 5.91 Å². The molecule has 6 nitrogen and oxygen atoms in total. The normalized spacial score (nSPS) is 10.0. The van der Waals surface area contributed by atoms with Crippen molar-refractivity contribution in [3.8, 4) is 11.5 Å². The van der Waals surface area contributed by atoms with Gasteiger partial charge in [-0.2, -0.15) is 0 Å². The molecule has 132 valence electrons. The molecule has 0 aliphatic carbocycles. The number of benzene rings is 2. The fourth-order valence-electron chi connectivity index (χ4n) is 2.08. The van der Waals surface area contributed by atoms with Gasteiger partial charge in [-0.3, -0.25) is 9.59 Å². The number of methoxy groups -OCH3 is 1. The number of amides is 2. The number of aryl methyl sites for hydroxylation is 2. The number of ether oxygens (including phenoxy) is 2. The molecule has 0 atom stereocenters. The highest BCUT2D eigenvalue weighted by atomic mass is 16.5. The van der Waals surface area contributed by atoms with Crippen LogP contribution in [0.25, 0.3) is 0 Å². The van der Waals surface area contributed by atoms with Gasteiger partial charge in [-0.05, 0) is 61.4 Å². The predicted molar refractivity (Wildman–Crippen MR) is 96.0 cm³/mol. The molecule has 0 aliphatic rings. The molecule has 0 radical (unpaired) electrons. The Balaban J connectivity index is 1.73. The van der Waals surface area contributed by atoms with Crippen LogP contribution in [0.1, 0.15) is 11.1 Å². The molecule has 0 unspecified atom stereocenters. The average molecular weight is 342 g/mol. The number of carbonyl (C=O) groups excluding carboxylic acids is 2. The third kappa shape index (κ3) is 5.84. The van der Waals surface area contributed by atoms with Crippen LogP contribution in [0.5, 0.6) is 11.5 Å². The van der Waals surface area contributed by atoms with Crippen LogP contribution in [0.3, 0.4) is 0 Å². The van der Waals surface area contributed by atoms with Crippen LogP contribution >= 0.6 is 0 Å². The first-order valence-electron chi connectivity index (χ1n) is 7.88. The highest BCUT2D eigenvalue weighted by molar-refractivity contribution is 5.94. The molecule has 0 heterocycles. The molecule has 0 aromatic heterocycles. The molecule has 0 aliphatic heterocycles. The maximum atomic E-state index is 11.9. The summed E-state index contributed by atoms with van der Waals surface area (Å²) in [4.78, 5) is 23.6. The first-order chi connectivity index (χ1) is 12.0. The lowest BCUT2D eigenvalue weighted by atomic mass is 10.1. The van der Waals surface area contributed by atoms with Crippen molar-refractivity contribution in [2.24, 2.45) is 0 Å². The van der Waals surface area contributed by atoms with E-state index in [0.29, 0.717) is 17.2 Å². The fraction of sp³-hybridized carbons (Fsp3) is 0.263. The monoisotopic (exact) mass is 342 g/mol. The highest BCUT2D eigenvalue weighted by Crippen LogP contribution is 2.16. The van der Waals surface area contributed by atoms with Crippen molar-refractivity contribution in [2.45, 2.75) is 13.8 Å². The maximum absolute atomic E-state index is 11.9. The summed E-state index contributed by atoms with van der Waals surface area (Å²) in [6.45, 7) is 3.70. The van der Waals surface area contributed by atoms with Crippen LogP contribution in [0.4, 0.5) is 5.69 Å². The third-order valence-corrected chi connectivity index (χ3v) is 3.67. The van der Waals surface area contributed by atoms with Gasteiger partial charge >= 0.3 is 0 Å². The molecule has 0 spiro atoms. The standard InChI is InChI=1S/C19H22N2O4/c1-13-4-5-15(10-14(13)2)21-18(22)11-20-19(23)12-25-17-8-6-16(24-3)7-9-17/h4-10H,11-12H2,1-3H3,(H,20,23)(H,21,22). The predicted octanol–water partition coefficient (Wildman–Crippen LogP) is 2.45. The zero-order valence-corrected chi connectivity index (χ0v) is 14.6. The van der Waals surface area contributed by atoms with Crippen LogP contribution in [-0.4, -0.2) is 32.1 Å². The Morgan fingerprint density at radius 1 is 0.920 bits per heavy atom. The van der Waals surface area contributed by atoms with E-state index in [0.717, 1.165) is 11.1 Å². The van der Waals surface area contributed by atoms with Gasteiger partial charge in [0.1, 0.15) is 11.5 Å². The van der Waals surface area contributed by atoms with Crippen molar-refractivity contribution < 1.29 is 19.1 Å². The molecular formula is C19H22N2O4. The average Bonchev–Trinajstić information content (AvgIpc) is 2.61. The summed E-state index contributed by atoms with van der Waals surface area (Å²) in [5.74, 6) is 0.599. The summed E-state index contributed by atoms with van der Waals surface area (Å²) in [5.41, 5.74) is 2.95. The summed E-state index contributed by atoms with van der Waals surface area (Å²) in [5, 5.41) is 5.26. The van der Waals surface area contributed by atoms with Crippen molar-refractivity contribution >= 4 is 17.5 Å². The second-order valence-corrected chi connectivity index (χ2v) is 5.59. The van der Waals surface area contributed by atoms with E-state index < -0.39 is 0 Å². The zero-order chi connectivity index (χ0) is 18.2. The largest absolute Gasteiger partial charge is 0.497 e. The molecule has 2 aromatic rings. The number of carbonyl (C=O) groups is 2. The second kappa shape index (κ2) is 8.73. The van der Waals surface area contributed by atoms with E-state index in [4.69, 9.17) is 9.47 Å². The molecule has 25 heavy (non-hydrogen) atoms. The Hall–Kier alpha value is -3.02. The van der Waals surface area contributed by atoms with Crippen molar-refractivity contribution in [1.29, 1.82) is 0 Å². The summed E-state index contributed by atoms with van der Waals surface area (Å²) in [6, 6.07) is 12.6. The van der Waals surface area contributed by atoms with E-state index in [2.05, 4.69) is 10.6 Å². The maximum Gasteiger partial charge on any atom is 0.258 e. The van der Waals surface area contributed by atoms with E-state index >= 15 is 0 Å². The van der Waals surface area contributed by atoms with Crippen LogP contribution in [0.2, 0.25) is 0 Å². The molecule has 2 N–H and O–H groups in total. The van der Waals surface area contributed by atoms with E-state index in [1.807, 2.05) is 32.0 Å². The van der Waals surface area contributed by atoms with Gasteiger partial charge in [0.25, 0.3) is 5.91 Å². The Bertz CT molecular complexity index is 742. The quantitative estimate of drug-likeness (QED) is 0.810. The lowest BCUT2D eigenvalue weighted by Crippen LogP contribution is -2.35. The Labute approximate surface area is 147 Å². The molecule has 2 rings (SSSR count). The molecular weight excluding hydrogens is 320 g/mol. The minimum absolute atomic E-state index is 0.113.